The van der Waals surface area contributed by atoms with Crippen molar-refractivity contribution in [1.29, 1.82) is 0 Å². The van der Waals surface area contributed by atoms with Crippen LogP contribution in [0.5, 0.6) is 0 Å². The molecule has 3 rings (SSSR count). The monoisotopic (exact) mass is 399 g/mol. The zero-order chi connectivity index (χ0) is 19.1. The van der Waals surface area contributed by atoms with Crippen molar-refractivity contribution >= 4 is 34.9 Å². The molecule has 0 aromatic heterocycles. The molecule has 1 aliphatic heterocycles. The van der Waals surface area contributed by atoms with E-state index in [2.05, 4.69) is 53.4 Å². The van der Waals surface area contributed by atoms with Crippen molar-refractivity contribution in [3.05, 3.63) is 71.8 Å². The molecule has 1 saturated heterocycles. The van der Waals surface area contributed by atoms with Crippen LogP contribution in [0.3, 0.4) is 0 Å². The number of hydrogen-bond acceptors (Lipinski definition) is 4. The Hall–Kier alpha value is -1.85. The van der Waals surface area contributed by atoms with Gasteiger partial charge in [-0.05, 0) is 24.5 Å². The molecule has 27 heavy (non-hydrogen) atoms. The fourth-order valence-corrected chi connectivity index (χ4v) is 4.98. The lowest BCUT2D eigenvalue weighted by molar-refractivity contribution is -0.139. The molecule has 142 valence electrons. The van der Waals surface area contributed by atoms with E-state index in [4.69, 9.17) is 17.0 Å². The van der Waals surface area contributed by atoms with Crippen molar-refractivity contribution < 1.29 is 9.53 Å². The molecule has 0 N–H and O–H groups in total. The first-order valence-electron chi connectivity index (χ1n) is 9.33. The van der Waals surface area contributed by atoms with Crippen LogP contribution in [0.15, 0.2) is 60.7 Å². The number of piperidine rings is 1. The van der Waals surface area contributed by atoms with Gasteiger partial charge >= 0.3 is 5.97 Å². The van der Waals surface area contributed by atoms with Crippen LogP contribution in [0.2, 0.25) is 0 Å². The first-order valence-corrected chi connectivity index (χ1v) is 10.8. The third-order valence-corrected chi connectivity index (χ3v) is 6.34. The summed E-state index contributed by atoms with van der Waals surface area (Å²) < 4.78 is 5.07. The predicted octanol–water partition coefficient (Wildman–Crippen LogP) is 5.02. The van der Waals surface area contributed by atoms with Gasteiger partial charge in [0.05, 0.1) is 23.4 Å². The number of carbonyl (C=O) groups is 1. The molecule has 1 heterocycles. The van der Waals surface area contributed by atoms with Crippen LogP contribution in [0.25, 0.3) is 0 Å². The molecule has 2 aromatic rings. The first kappa shape index (κ1) is 19.9. The Balaban J connectivity index is 1.75. The lowest BCUT2D eigenvalue weighted by Gasteiger charge is -2.41. The van der Waals surface area contributed by atoms with Gasteiger partial charge in [0.1, 0.15) is 0 Å². The van der Waals surface area contributed by atoms with Gasteiger partial charge in [0.15, 0.2) is 0 Å². The molecule has 0 spiro atoms. The average molecular weight is 400 g/mol. The van der Waals surface area contributed by atoms with E-state index >= 15 is 0 Å². The van der Waals surface area contributed by atoms with Gasteiger partial charge in [0.25, 0.3) is 0 Å². The summed E-state index contributed by atoms with van der Waals surface area (Å²) >= 11 is 7.48. The topological polar surface area (TPSA) is 29.5 Å². The Kier molecular flexibility index (Phi) is 7.30. The van der Waals surface area contributed by atoms with Gasteiger partial charge in [-0.25, -0.2) is 0 Å². The van der Waals surface area contributed by atoms with E-state index in [-0.39, 0.29) is 12.0 Å². The molecule has 0 amide bonds. The second kappa shape index (κ2) is 9.90. The highest BCUT2D eigenvalue weighted by Gasteiger charge is 2.33. The van der Waals surface area contributed by atoms with E-state index in [0.29, 0.717) is 17.6 Å². The van der Waals surface area contributed by atoms with Crippen molar-refractivity contribution in [2.45, 2.75) is 37.6 Å². The van der Waals surface area contributed by atoms with Gasteiger partial charge < -0.3 is 9.64 Å². The second-order valence-corrected chi connectivity index (χ2v) is 8.37. The van der Waals surface area contributed by atoms with Crippen LogP contribution in [0.4, 0.5) is 0 Å². The standard InChI is InChI=1S/C22H25NO2S2/c1-2-25-22(24)16-27-19-13-20(18-11-7-4-8-12-18)23(21(26)14-19)15-17-9-5-3-6-10-17/h3-12,19-20H,2,13-16H2,1H3. The summed E-state index contributed by atoms with van der Waals surface area (Å²) in [6, 6.07) is 21.2. The highest BCUT2D eigenvalue weighted by Crippen LogP contribution is 2.38. The summed E-state index contributed by atoms with van der Waals surface area (Å²) in [5.41, 5.74) is 2.54. The van der Waals surface area contributed by atoms with Crippen molar-refractivity contribution in [2.75, 3.05) is 12.4 Å². The fourth-order valence-electron chi connectivity index (χ4n) is 3.43. The maximum Gasteiger partial charge on any atom is 0.315 e. The Bertz CT molecular complexity index is 751. The Labute approximate surface area is 171 Å². The smallest absolute Gasteiger partial charge is 0.315 e. The van der Waals surface area contributed by atoms with E-state index in [1.165, 1.54) is 11.1 Å². The summed E-state index contributed by atoms with van der Waals surface area (Å²) in [5, 5.41) is 0.333. The van der Waals surface area contributed by atoms with Gasteiger partial charge in [0, 0.05) is 18.2 Å². The first-order chi connectivity index (χ1) is 13.2. The zero-order valence-corrected chi connectivity index (χ0v) is 17.2. The van der Waals surface area contributed by atoms with Crippen LogP contribution in [0, 0.1) is 0 Å². The van der Waals surface area contributed by atoms with Crippen LogP contribution in [0.1, 0.15) is 36.9 Å². The number of nitrogens with zero attached hydrogens (tertiary/aromatic N) is 1. The maximum atomic E-state index is 11.7. The summed E-state index contributed by atoms with van der Waals surface area (Å²) in [5.74, 6) is 0.248. The number of thioether (sulfide) groups is 1. The largest absolute Gasteiger partial charge is 0.465 e. The number of hydrogen-bond donors (Lipinski definition) is 0. The van der Waals surface area contributed by atoms with Crippen LogP contribution < -0.4 is 0 Å². The quantitative estimate of drug-likeness (QED) is 0.482. The number of ether oxygens (including phenoxy) is 1. The minimum Gasteiger partial charge on any atom is -0.465 e. The molecule has 3 nitrogen and oxygen atoms in total. The van der Waals surface area contributed by atoms with E-state index in [1.54, 1.807) is 11.8 Å². The molecule has 0 radical (unpaired) electrons. The van der Waals surface area contributed by atoms with Crippen molar-refractivity contribution in [3.63, 3.8) is 0 Å². The number of thiocarbonyl (C=S) groups is 1. The number of rotatable bonds is 7. The predicted molar refractivity (Wildman–Crippen MR) is 116 cm³/mol. The zero-order valence-electron chi connectivity index (χ0n) is 15.5. The molecular formula is C22H25NO2S2. The number of benzene rings is 2. The lowest BCUT2D eigenvalue weighted by Crippen LogP contribution is -2.41. The Morgan fingerprint density at radius 2 is 1.81 bits per heavy atom. The van der Waals surface area contributed by atoms with Gasteiger partial charge in [-0.2, -0.15) is 0 Å². The average Bonchev–Trinajstić information content (AvgIpc) is 2.70. The summed E-state index contributed by atoms with van der Waals surface area (Å²) in [6.07, 6.45) is 1.80. The van der Waals surface area contributed by atoms with Gasteiger partial charge in [0.2, 0.25) is 0 Å². The molecule has 1 aliphatic rings. The minimum absolute atomic E-state index is 0.142. The van der Waals surface area contributed by atoms with Gasteiger partial charge in [-0.3, -0.25) is 4.79 Å². The van der Waals surface area contributed by atoms with Crippen molar-refractivity contribution in [1.82, 2.24) is 4.90 Å². The molecule has 0 bridgehead atoms. The third kappa shape index (κ3) is 5.56. The molecule has 0 saturated carbocycles. The Morgan fingerprint density at radius 1 is 1.15 bits per heavy atom. The highest BCUT2D eigenvalue weighted by atomic mass is 32.2. The number of esters is 1. The Morgan fingerprint density at radius 3 is 2.48 bits per heavy atom. The van der Waals surface area contributed by atoms with Crippen LogP contribution in [-0.2, 0) is 16.1 Å². The summed E-state index contributed by atoms with van der Waals surface area (Å²) in [6.45, 7) is 3.08. The highest BCUT2D eigenvalue weighted by molar-refractivity contribution is 8.00. The molecular weight excluding hydrogens is 374 g/mol. The van der Waals surface area contributed by atoms with E-state index in [0.717, 1.165) is 24.4 Å². The molecule has 0 aliphatic carbocycles. The van der Waals surface area contributed by atoms with Crippen LogP contribution in [-0.4, -0.2) is 33.5 Å². The van der Waals surface area contributed by atoms with E-state index in [1.807, 2.05) is 19.1 Å². The fraction of sp³-hybridized carbons (Fsp3) is 0.364. The molecule has 2 atom stereocenters. The van der Waals surface area contributed by atoms with E-state index < -0.39 is 0 Å². The second-order valence-electron chi connectivity index (χ2n) is 6.61. The normalized spacial score (nSPS) is 19.7. The minimum atomic E-state index is -0.142. The molecule has 2 unspecified atom stereocenters. The molecule has 2 aromatic carbocycles. The van der Waals surface area contributed by atoms with E-state index in [9.17, 15) is 4.79 Å². The molecule has 1 fully saturated rings. The van der Waals surface area contributed by atoms with Crippen molar-refractivity contribution in [3.8, 4) is 0 Å². The lowest BCUT2D eigenvalue weighted by atomic mass is 9.94. The molecule has 5 heteroatoms. The number of carbonyl (C=O) groups excluding carboxylic acids is 1. The third-order valence-electron chi connectivity index (χ3n) is 4.71. The number of likely N-dealkylation sites (tertiary alicyclic amines) is 1. The van der Waals surface area contributed by atoms with Crippen LogP contribution >= 0.6 is 24.0 Å². The SMILES string of the molecule is CCOC(=O)CSC1CC(=S)N(Cc2ccccc2)C(c2ccccc2)C1. The summed E-state index contributed by atoms with van der Waals surface area (Å²) in [4.78, 5) is 15.1. The maximum absolute atomic E-state index is 11.7. The van der Waals surface area contributed by atoms with Gasteiger partial charge in [-0.1, -0.05) is 72.9 Å². The van der Waals surface area contributed by atoms with Gasteiger partial charge in [-0.15, -0.1) is 11.8 Å². The van der Waals surface area contributed by atoms with Crippen molar-refractivity contribution in [2.24, 2.45) is 0 Å². The summed E-state index contributed by atoms with van der Waals surface area (Å²) in [7, 11) is 0.